The lowest BCUT2D eigenvalue weighted by atomic mass is 9.61. The highest BCUT2D eigenvalue weighted by Gasteiger charge is 2.67. The van der Waals surface area contributed by atoms with Gasteiger partial charge in [-0.15, -0.1) is 0 Å². The van der Waals surface area contributed by atoms with Gasteiger partial charge in [-0.1, -0.05) is 25.2 Å². The molecule has 2 aliphatic heterocycles. The SMILES string of the molecule is CN(C)C1C[C@@]23CC[C@@]4(O2)C(=CC[C@]2(C)C(I)=CC[C@H]24)C=C3[C@@H](O)[C@@H]1O. The van der Waals surface area contributed by atoms with Crippen LogP contribution in [0.3, 0.4) is 0 Å². The Bertz CT molecular complexity index is 758. The Balaban J connectivity index is 1.62. The highest BCUT2D eigenvalue weighted by atomic mass is 127. The Hall–Kier alpha value is -0.210. The number of rotatable bonds is 1. The Morgan fingerprint density at radius 1 is 1.23 bits per heavy atom. The van der Waals surface area contributed by atoms with E-state index < -0.39 is 17.8 Å². The molecular weight excluding hydrogens is 441 g/mol. The summed E-state index contributed by atoms with van der Waals surface area (Å²) in [5.41, 5.74) is 1.69. The maximum Gasteiger partial charge on any atom is 0.105 e. The molecule has 0 amide bonds. The highest BCUT2D eigenvalue weighted by molar-refractivity contribution is 14.1. The number of ether oxygens (including phenoxy) is 1. The molecule has 0 radical (unpaired) electrons. The fourth-order valence-electron chi connectivity index (χ4n) is 6.45. The summed E-state index contributed by atoms with van der Waals surface area (Å²) in [6, 6.07) is -0.0837. The molecule has 4 nitrogen and oxygen atoms in total. The predicted octanol–water partition coefficient (Wildman–Crippen LogP) is 2.95. The van der Waals surface area contributed by atoms with E-state index in [1.54, 1.807) is 0 Å². The molecule has 2 spiro atoms. The maximum atomic E-state index is 10.9. The molecule has 0 aromatic heterocycles. The second-order valence-electron chi connectivity index (χ2n) is 9.38. The minimum atomic E-state index is -0.844. The fourth-order valence-corrected chi connectivity index (χ4v) is 7.30. The van der Waals surface area contributed by atoms with Crippen molar-refractivity contribution in [3.8, 4) is 0 Å². The molecule has 1 saturated carbocycles. The first-order valence-electron chi connectivity index (χ1n) is 9.75. The molecule has 26 heavy (non-hydrogen) atoms. The second kappa shape index (κ2) is 5.44. The quantitative estimate of drug-likeness (QED) is 0.580. The lowest BCUT2D eigenvalue weighted by molar-refractivity contribution is -0.162. The van der Waals surface area contributed by atoms with Crippen molar-refractivity contribution in [3.05, 3.63) is 33.0 Å². The molecule has 5 rings (SSSR count). The van der Waals surface area contributed by atoms with Crippen LogP contribution in [0.1, 0.15) is 39.0 Å². The third-order valence-corrected chi connectivity index (χ3v) is 9.67. The number of hydrogen-bond donors (Lipinski definition) is 2. The largest absolute Gasteiger partial charge is 0.388 e. The lowest BCUT2D eigenvalue weighted by Crippen LogP contribution is -2.61. The Kier molecular flexibility index (Phi) is 3.74. The third-order valence-electron chi connectivity index (χ3n) is 8.00. The summed E-state index contributed by atoms with van der Waals surface area (Å²) in [4.78, 5) is 2.03. The van der Waals surface area contributed by atoms with Gasteiger partial charge in [-0.25, -0.2) is 0 Å². The normalized spacial score (nSPS) is 52.0. The number of hydrogen-bond acceptors (Lipinski definition) is 4. The Morgan fingerprint density at radius 2 is 2.00 bits per heavy atom. The van der Waals surface area contributed by atoms with Crippen molar-refractivity contribution in [2.24, 2.45) is 11.3 Å². The van der Waals surface area contributed by atoms with Gasteiger partial charge in [-0.2, -0.15) is 0 Å². The van der Waals surface area contributed by atoms with Gasteiger partial charge in [0, 0.05) is 17.4 Å². The average molecular weight is 469 g/mol. The highest BCUT2D eigenvalue weighted by Crippen LogP contribution is 2.67. The molecule has 3 aliphatic carbocycles. The van der Waals surface area contributed by atoms with Crippen LogP contribution in [-0.2, 0) is 4.74 Å². The number of allylic oxidation sites excluding steroid dienone is 3. The molecule has 1 saturated heterocycles. The molecule has 0 aromatic rings. The topological polar surface area (TPSA) is 52.9 Å². The van der Waals surface area contributed by atoms with E-state index in [2.05, 4.69) is 47.7 Å². The standard InChI is InChI=1S/C21H28INO3/c1-19-7-6-12-10-13-17(24)18(25)14(23(2)3)11-20(13)8-9-21(12,26-20)15(19)4-5-16(19)22/h5-6,10,14-15,17-18,24-25H,4,7-9,11H2,1-3H3/t14?,15-,17-,18-,19+,20-,21-/m1/s1. The van der Waals surface area contributed by atoms with Gasteiger partial charge >= 0.3 is 0 Å². The zero-order valence-electron chi connectivity index (χ0n) is 15.7. The van der Waals surface area contributed by atoms with Crippen LogP contribution in [0.2, 0.25) is 0 Å². The Labute approximate surface area is 169 Å². The summed E-state index contributed by atoms with van der Waals surface area (Å²) in [7, 11) is 3.96. The Morgan fingerprint density at radius 3 is 2.73 bits per heavy atom. The molecule has 2 fully saturated rings. The molecule has 2 bridgehead atoms. The van der Waals surface area contributed by atoms with Crippen LogP contribution in [0.4, 0.5) is 0 Å². The molecule has 142 valence electrons. The monoisotopic (exact) mass is 469 g/mol. The summed E-state index contributed by atoms with van der Waals surface area (Å²) in [5.74, 6) is 0.473. The van der Waals surface area contributed by atoms with Gasteiger partial charge in [0.05, 0.1) is 17.3 Å². The number of aliphatic hydroxyl groups is 2. The summed E-state index contributed by atoms with van der Waals surface area (Å²) < 4.78 is 8.50. The summed E-state index contributed by atoms with van der Waals surface area (Å²) in [6.45, 7) is 2.39. The van der Waals surface area contributed by atoms with Crippen molar-refractivity contribution in [3.63, 3.8) is 0 Å². The average Bonchev–Trinajstić information content (AvgIpc) is 3.07. The van der Waals surface area contributed by atoms with E-state index in [0.717, 1.165) is 37.7 Å². The van der Waals surface area contributed by atoms with Crippen molar-refractivity contribution in [1.29, 1.82) is 0 Å². The van der Waals surface area contributed by atoms with Gasteiger partial charge in [-0.3, -0.25) is 0 Å². The number of halogens is 1. The summed E-state index contributed by atoms with van der Waals surface area (Å²) in [5, 5.41) is 21.6. The first-order valence-corrected chi connectivity index (χ1v) is 10.8. The minimum absolute atomic E-state index is 0.0837. The molecule has 5 heteroatoms. The van der Waals surface area contributed by atoms with E-state index in [1.807, 2.05) is 19.0 Å². The zero-order valence-corrected chi connectivity index (χ0v) is 17.9. The van der Waals surface area contributed by atoms with Crippen LogP contribution in [0.25, 0.3) is 0 Å². The van der Waals surface area contributed by atoms with Crippen molar-refractivity contribution in [2.75, 3.05) is 14.1 Å². The van der Waals surface area contributed by atoms with E-state index in [-0.39, 0.29) is 17.1 Å². The molecule has 1 unspecified atom stereocenters. The van der Waals surface area contributed by atoms with Crippen molar-refractivity contribution >= 4 is 22.6 Å². The maximum absolute atomic E-state index is 10.9. The number of aliphatic hydroxyl groups excluding tert-OH is 2. The molecule has 7 atom stereocenters. The van der Waals surface area contributed by atoms with Crippen LogP contribution >= 0.6 is 22.6 Å². The van der Waals surface area contributed by atoms with Crippen LogP contribution in [0.5, 0.6) is 0 Å². The van der Waals surface area contributed by atoms with Crippen LogP contribution in [0, 0.1) is 11.3 Å². The van der Waals surface area contributed by atoms with E-state index in [1.165, 1.54) is 9.15 Å². The van der Waals surface area contributed by atoms with E-state index >= 15 is 0 Å². The molecule has 2 heterocycles. The molecular formula is C21H28INO3. The van der Waals surface area contributed by atoms with Crippen molar-refractivity contribution in [1.82, 2.24) is 4.90 Å². The predicted molar refractivity (Wildman–Crippen MR) is 109 cm³/mol. The van der Waals surface area contributed by atoms with Crippen LogP contribution < -0.4 is 0 Å². The minimum Gasteiger partial charge on any atom is -0.388 e. The number of likely N-dealkylation sites (N-methyl/N-ethyl adjacent to an activating group) is 1. The van der Waals surface area contributed by atoms with E-state index in [4.69, 9.17) is 4.74 Å². The number of fused-ring (bicyclic) bond motifs is 1. The fraction of sp³-hybridized carbons (Fsp3) is 0.714. The van der Waals surface area contributed by atoms with Gasteiger partial charge in [0.25, 0.3) is 0 Å². The van der Waals surface area contributed by atoms with E-state index in [9.17, 15) is 10.2 Å². The first kappa shape index (κ1) is 17.9. The number of nitrogens with zero attached hydrogens (tertiary/aromatic N) is 1. The summed E-state index contributed by atoms with van der Waals surface area (Å²) in [6.07, 6.45) is 10.1. The molecule has 0 aromatic carbocycles. The third kappa shape index (κ3) is 1.99. The van der Waals surface area contributed by atoms with E-state index in [0.29, 0.717) is 5.92 Å². The van der Waals surface area contributed by atoms with Gasteiger partial charge < -0.3 is 19.8 Å². The smallest absolute Gasteiger partial charge is 0.105 e. The van der Waals surface area contributed by atoms with Gasteiger partial charge in [0.2, 0.25) is 0 Å². The van der Waals surface area contributed by atoms with Crippen LogP contribution in [-0.4, -0.2) is 58.7 Å². The second-order valence-corrected chi connectivity index (χ2v) is 10.5. The summed E-state index contributed by atoms with van der Waals surface area (Å²) >= 11 is 2.52. The molecule has 5 aliphatic rings. The first-order chi connectivity index (χ1) is 12.2. The molecule has 2 N–H and O–H groups in total. The van der Waals surface area contributed by atoms with Gasteiger partial charge in [0.15, 0.2) is 0 Å². The van der Waals surface area contributed by atoms with Crippen LogP contribution in [0.15, 0.2) is 33.0 Å². The van der Waals surface area contributed by atoms with Gasteiger partial charge in [0.1, 0.15) is 6.10 Å². The lowest BCUT2D eigenvalue weighted by Gasteiger charge is -2.55. The van der Waals surface area contributed by atoms with Crippen molar-refractivity contribution in [2.45, 2.75) is 68.5 Å². The zero-order chi connectivity index (χ0) is 18.5. The van der Waals surface area contributed by atoms with Crippen molar-refractivity contribution < 1.29 is 14.9 Å². The van der Waals surface area contributed by atoms with Gasteiger partial charge in [-0.05, 0) is 83.5 Å².